The van der Waals surface area contributed by atoms with E-state index in [9.17, 15) is 9.59 Å². The molecule has 1 aromatic heterocycles. The van der Waals surface area contributed by atoms with Crippen LogP contribution in [0.25, 0.3) is 0 Å². The number of nitrogens with one attached hydrogen (secondary N) is 1. The van der Waals surface area contributed by atoms with E-state index in [1.807, 2.05) is 0 Å². The summed E-state index contributed by atoms with van der Waals surface area (Å²) in [7, 11) is 1.45. The smallest absolute Gasteiger partial charge is 0.253 e. The van der Waals surface area contributed by atoms with Crippen molar-refractivity contribution in [3.63, 3.8) is 0 Å². The summed E-state index contributed by atoms with van der Waals surface area (Å²) in [5, 5.41) is 2.37. The molecule has 6 nitrogen and oxygen atoms in total. The Morgan fingerprint density at radius 1 is 1.50 bits per heavy atom. The van der Waals surface area contributed by atoms with Crippen LogP contribution in [-0.2, 0) is 0 Å². The SMILES string of the molecule is CNC(=O)c1ccnc(N)c1C(N)=O. The lowest BCUT2D eigenvalue weighted by atomic mass is 10.1. The second-order valence-corrected chi connectivity index (χ2v) is 2.56. The summed E-state index contributed by atoms with van der Waals surface area (Å²) < 4.78 is 0. The first kappa shape index (κ1) is 9.97. The minimum atomic E-state index is -0.769. The van der Waals surface area contributed by atoms with Crippen LogP contribution in [0.15, 0.2) is 12.3 Å². The van der Waals surface area contributed by atoms with Crippen molar-refractivity contribution < 1.29 is 9.59 Å². The average molecular weight is 194 g/mol. The normalized spacial score (nSPS) is 9.50. The van der Waals surface area contributed by atoms with Crippen molar-refractivity contribution in [2.24, 2.45) is 5.73 Å². The monoisotopic (exact) mass is 194 g/mol. The van der Waals surface area contributed by atoms with Crippen molar-refractivity contribution in [3.8, 4) is 0 Å². The lowest BCUT2D eigenvalue weighted by molar-refractivity contribution is 0.0943. The molecule has 1 rings (SSSR count). The van der Waals surface area contributed by atoms with Crippen molar-refractivity contribution in [1.82, 2.24) is 10.3 Å². The van der Waals surface area contributed by atoms with Crippen molar-refractivity contribution in [2.45, 2.75) is 0 Å². The maximum atomic E-state index is 11.3. The first-order chi connectivity index (χ1) is 6.57. The molecule has 0 radical (unpaired) electrons. The van der Waals surface area contributed by atoms with Gasteiger partial charge in [0.2, 0.25) is 0 Å². The van der Waals surface area contributed by atoms with E-state index in [0.717, 1.165) is 0 Å². The molecule has 0 saturated carbocycles. The summed E-state index contributed by atoms with van der Waals surface area (Å²) in [6, 6.07) is 1.38. The Kier molecular flexibility index (Phi) is 2.66. The van der Waals surface area contributed by atoms with Gasteiger partial charge in [0.15, 0.2) is 0 Å². The number of anilines is 1. The molecular weight excluding hydrogens is 184 g/mol. The van der Waals surface area contributed by atoms with E-state index in [4.69, 9.17) is 11.5 Å². The minimum absolute atomic E-state index is 0.0430. The number of hydrogen-bond donors (Lipinski definition) is 3. The maximum absolute atomic E-state index is 11.3. The van der Waals surface area contributed by atoms with Gasteiger partial charge >= 0.3 is 0 Å². The van der Waals surface area contributed by atoms with Crippen LogP contribution >= 0.6 is 0 Å². The molecule has 0 aliphatic heterocycles. The largest absolute Gasteiger partial charge is 0.383 e. The zero-order chi connectivity index (χ0) is 10.7. The highest BCUT2D eigenvalue weighted by atomic mass is 16.2. The van der Waals surface area contributed by atoms with E-state index in [1.165, 1.54) is 19.3 Å². The van der Waals surface area contributed by atoms with Gasteiger partial charge in [-0.05, 0) is 6.07 Å². The van der Waals surface area contributed by atoms with Gasteiger partial charge in [0.1, 0.15) is 5.82 Å². The molecule has 0 saturated heterocycles. The Labute approximate surface area is 80.3 Å². The van der Waals surface area contributed by atoms with Crippen molar-refractivity contribution in [1.29, 1.82) is 0 Å². The summed E-state index contributed by atoms with van der Waals surface area (Å²) in [6.07, 6.45) is 1.34. The Hall–Kier alpha value is -2.11. The molecule has 1 heterocycles. The molecule has 0 unspecified atom stereocenters. The van der Waals surface area contributed by atoms with Gasteiger partial charge in [-0.2, -0.15) is 0 Å². The molecule has 2 amide bonds. The van der Waals surface area contributed by atoms with E-state index in [1.54, 1.807) is 0 Å². The maximum Gasteiger partial charge on any atom is 0.253 e. The van der Waals surface area contributed by atoms with Crippen LogP contribution in [0.1, 0.15) is 20.7 Å². The fourth-order valence-corrected chi connectivity index (χ4v) is 1.06. The first-order valence-electron chi connectivity index (χ1n) is 3.84. The quantitative estimate of drug-likeness (QED) is 0.567. The number of nitrogen functional groups attached to an aromatic ring is 1. The number of pyridine rings is 1. The lowest BCUT2D eigenvalue weighted by Crippen LogP contribution is -2.25. The fraction of sp³-hybridized carbons (Fsp3) is 0.125. The summed E-state index contributed by atoms with van der Waals surface area (Å²) in [5.41, 5.74) is 10.6. The molecule has 0 aromatic carbocycles. The van der Waals surface area contributed by atoms with E-state index >= 15 is 0 Å². The highest BCUT2D eigenvalue weighted by molar-refractivity contribution is 6.09. The van der Waals surface area contributed by atoms with Gasteiger partial charge in [-0.25, -0.2) is 4.98 Å². The van der Waals surface area contributed by atoms with Crippen LogP contribution in [0.3, 0.4) is 0 Å². The molecular formula is C8H10N4O2. The third kappa shape index (κ3) is 1.63. The number of hydrogen-bond acceptors (Lipinski definition) is 4. The molecule has 1 aromatic rings. The summed E-state index contributed by atoms with van der Waals surface area (Å²) in [5.74, 6) is -1.24. The van der Waals surface area contributed by atoms with E-state index < -0.39 is 11.8 Å². The van der Waals surface area contributed by atoms with Crippen LogP contribution in [0.5, 0.6) is 0 Å². The molecule has 0 spiro atoms. The summed E-state index contributed by atoms with van der Waals surface area (Å²) in [6.45, 7) is 0. The highest BCUT2D eigenvalue weighted by Crippen LogP contribution is 2.13. The Morgan fingerprint density at radius 3 is 2.64 bits per heavy atom. The molecule has 74 valence electrons. The predicted octanol–water partition coefficient (Wildman–Crippen LogP) is -0.878. The molecule has 5 N–H and O–H groups in total. The summed E-state index contributed by atoms with van der Waals surface area (Å²) in [4.78, 5) is 25.9. The van der Waals surface area contributed by atoms with Gasteiger partial charge in [0, 0.05) is 13.2 Å². The Morgan fingerprint density at radius 2 is 2.14 bits per heavy atom. The van der Waals surface area contributed by atoms with Gasteiger partial charge in [0.05, 0.1) is 11.1 Å². The zero-order valence-corrected chi connectivity index (χ0v) is 7.57. The molecule has 14 heavy (non-hydrogen) atoms. The Bertz CT molecular complexity index is 389. The minimum Gasteiger partial charge on any atom is -0.383 e. The van der Waals surface area contributed by atoms with Gasteiger partial charge < -0.3 is 16.8 Å². The van der Waals surface area contributed by atoms with Crippen LogP contribution in [-0.4, -0.2) is 23.8 Å². The summed E-state index contributed by atoms with van der Waals surface area (Å²) >= 11 is 0. The second kappa shape index (κ2) is 3.73. The third-order valence-electron chi connectivity index (χ3n) is 1.70. The number of amides is 2. The van der Waals surface area contributed by atoms with Crippen molar-refractivity contribution >= 4 is 17.6 Å². The molecule has 6 heteroatoms. The predicted molar refractivity (Wildman–Crippen MR) is 50.6 cm³/mol. The number of aromatic nitrogens is 1. The fourth-order valence-electron chi connectivity index (χ4n) is 1.06. The topological polar surface area (TPSA) is 111 Å². The molecule has 0 atom stereocenters. The van der Waals surface area contributed by atoms with Gasteiger partial charge in [-0.3, -0.25) is 9.59 Å². The number of rotatable bonds is 2. The zero-order valence-electron chi connectivity index (χ0n) is 7.57. The van der Waals surface area contributed by atoms with Gasteiger partial charge in [0.25, 0.3) is 11.8 Å². The van der Waals surface area contributed by atoms with E-state index in [-0.39, 0.29) is 16.9 Å². The van der Waals surface area contributed by atoms with Crippen molar-refractivity contribution in [2.75, 3.05) is 12.8 Å². The number of carbonyl (C=O) groups excluding carboxylic acids is 2. The van der Waals surface area contributed by atoms with Gasteiger partial charge in [-0.15, -0.1) is 0 Å². The van der Waals surface area contributed by atoms with E-state index in [0.29, 0.717) is 0 Å². The van der Waals surface area contributed by atoms with Crippen LogP contribution in [0.2, 0.25) is 0 Å². The lowest BCUT2D eigenvalue weighted by Gasteiger charge is -2.06. The standard InChI is InChI=1S/C8H10N4O2/c1-11-8(14)4-2-3-12-6(9)5(4)7(10)13/h2-3H,1H3,(H2,9,12)(H2,10,13)(H,11,14). The number of nitrogens with zero attached hydrogens (tertiary/aromatic N) is 1. The number of carbonyl (C=O) groups is 2. The molecule has 0 fully saturated rings. The third-order valence-corrected chi connectivity index (χ3v) is 1.70. The average Bonchev–Trinajstić information content (AvgIpc) is 2.15. The second-order valence-electron chi connectivity index (χ2n) is 2.56. The van der Waals surface area contributed by atoms with E-state index in [2.05, 4.69) is 10.3 Å². The van der Waals surface area contributed by atoms with Crippen LogP contribution < -0.4 is 16.8 Å². The van der Waals surface area contributed by atoms with Crippen LogP contribution in [0.4, 0.5) is 5.82 Å². The number of nitrogens with two attached hydrogens (primary N) is 2. The molecule has 0 aliphatic rings. The molecule has 0 aliphatic carbocycles. The van der Waals surface area contributed by atoms with Crippen LogP contribution in [0, 0.1) is 0 Å². The molecule has 0 bridgehead atoms. The van der Waals surface area contributed by atoms with Crippen molar-refractivity contribution in [3.05, 3.63) is 23.4 Å². The highest BCUT2D eigenvalue weighted by Gasteiger charge is 2.17. The number of primary amides is 1. The Balaban J connectivity index is 3.35. The van der Waals surface area contributed by atoms with Gasteiger partial charge in [-0.1, -0.05) is 0 Å². The first-order valence-corrected chi connectivity index (χ1v) is 3.84.